The summed E-state index contributed by atoms with van der Waals surface area (Å²) >= 11 is 0. The van der Waals surface area contributed by atoms with Crippen molar-refractivity contribution in [1.82, 2.24) is 5.32 Å². The van der Waals surface area contributed by atoms with E-state index in [0.29, 0.717) is 18.1 Å². The van der Waals surface area contributed by atoms with Crippen LogP contribution in [0, 0.1) is 5.92 Å². The minimum Gasteiger partial charge on any atom is -0.489 e. The van der Waals surface area contributed by atoms with E-state index in [1.165, 1.54) is 50.6 Å². The van der Waals surface area contributed by atoms with Crippen LogP contribution in [0.2, 0.25) is 0 Å². The molecular formula is C23H27NO. The Morgan fingerprint density at radius 3 is 2.88 bits per heavy atom. The second kappa shape index (κ2) is 6.17. The maximum Gasteiger partial charge on any atom is 0.120 e. The fraction of sp³-hybridized carbons (Fsp3) is 0.478. The molecular weight excluding hydrogens is 306 g/mol. The molecule has 2 aromatic carbocycles. The Hall–Kier alpha value is -1.80. The summed E-state index contributed by atoms with van der Waals surface area (Å²) in [4.78, 5) is 0. The van der Waals surface area contributed by atoms with E-state index >= 15 is 0 Å². The van der Waals surface area contributed by atoms with Crippen LogP contribution in [0.5, 0.6) is 5.75 Å². The summed E-state index contributed by atoms with van der Waals surface area (Å²) in [6.45, 7) is 1.83. The van der Waals surface area contributed by atoms with E-state index in [9.17, 15) is 0 Å². The van der Waals surface area contributed by atoms with Gasteiger partial charge in [-0.15, -0.1) is 0 Å². The van der Waals surface area contributed by atoms with E-state index < -0.39 is 0 Å². The average molecular weight is 333 g/mol. The molecule has 2 fully saturated rings. The predicted octanol–water partition coefficient (Wildman–Crippen LogP) is 4.61. The molecule has 5 rings (SSSR count). The fourth-order valence-corrected chi connectivity index (χ4v) is 5.73. The Kier molecular flexibility index (Phi) is 3.82. The average Bonchev–Trinajstić information content (AvgIpc) is 2.67. The minimum absolute atomic E-state index is 0.411. The highest BCUT2D eigenvalue weighted by atomic mass is 16.5. The summed E-state index contributed by atoms with van der Waals surface area (Å²) in [6, 6.07) is 18.1. The van der Waals surface area contributed by atoms with E-state index in [0.717, 1.165) is 11.7 Å². The van der Waals surface area contributed by atoms with Crippen molar-refractivity contribution < 1.29 is 4.74 Å². The van der Waals surface area contributed by atoms with Crippen molar-refractivity contribution in [2.24, 2.45) is 5.92 Å². The van der Waals surface area contributed by atoms with Gasteiger partial charge in [0, 0.05) is 11.5 Å². The van der Waals surface area contributed by atoms with Crippen LogP contribution in [-0.2, 0) is 18.4 Å². The van der Waals surface area contributed by atoms with Crippen LogP contribution in [0.25, 0.3) is 0 Å². The molecule has 3 aliphatic rings. The van der Waals surface area contributed by atoms with Gasteiger partial charge in [0.05, 0.1) is 0 Å². The molecule has 1 aliphatic heterocycles. The first kappa shape index (κ1) is 15.5. The third kappa shape index (κ3) is 2.58. The third-order valence-electron chi connectivity index (χ3n) is 6.87. The quantitative estimate of drug-likeness (QED) is 0.885. The molecule has 130 valence electrons. The van der Waals surface area contributed by atoms with Gasteiger partial charge in [-0.25, -0.2) is 0 Å². The zero-order chi connectivity index (χ0) is 16.7. The second-order valence-electron chi connectivity index (χ2n) is 8.12. The lowest BCUT2D eigenvalue weighted by atomic mass is 9.53. The van der Waals surface area contributed by atoms with Gasteiger partial charge in [0.15, 0.2) is 0 Å². The standard InChI is InChI=1S/C23H27NO/c1-2-6-17(7-3-1)16-25-19-10-9-18-14-22-20-8-4-5-11-23(20,12-13-24-22)21(18)15-19/h1-3,6-7,9-10,15,20,22,24H,4-5,8,11-14,16H2/t20-,22+,23+/m0/s1. The monoisotopic (exact) mass is 333 g/mol. The van der Waals surface area contributed by atoms with Crippen LogP contribution < -0.4 is 10.1 Å². The van der Waals surface area contributed by atoms with Gasteiger partial charge in [-0.3, -0.25) is 0 Å². The Balaban J connectivity index is 1.46. The van der Waals surface area contributed by atoms with Gasteiger partial charge in [0.25, 0.3) is 0 Å². The first-order valence-corrected chi connectivity index (χ1v) is 9.89. The van der Waals surface area contributed by atoms with Crippen molar-refractivity contribution in [2.45, 2.75) is 56.6 Å². The number of benzene rings is 2. The Morgan fingerprint density at radius 1 is 1.04 bits per heavy atom. The first-order valence-electron chi connectivity index (χ1n) is 9.89. The number of hydrogen-bond acceptors (Lipinski definition) is 2. The molecule has 1 saturated carbocycles. The molecule has 2 heteroatoms. The molecule has 2 aliphatic carbocycles. The molecule has 0 radical (unpaired) electrons. The second-order valence-corrected chi connectivity index (χ2v) is 8.12. The van der Waals surface area contributed by atoms with Gasteiger partial charge < -0.3 is 10.1 Å². The lowest BCUT2D eigenvalue weighted by molar-refractivity contribution is 0.0794. The first-order chi connectivity index (χ1) is 12.4. The number of hydrogen-bond donors (Lipinski definition) is 1. The summed E-state index contributed by atoms with van der Waals surface area (Å²) in [6.07, 6.45) is 8.04. The molecule has 3 atom stereocenters. The highest BCUT2D eigenvalue weighted by Crippen LogP contribution is 2.54. The molecule has 1 saturated heterocycles. The molecule has 0 spiro atoms. The number of rotatable bonds is 3. The molecule has 0 aromatic heterocycles. The fourth-order valence-electron chi connectivity index (χ4n) is 5.73. The van der Waals surface area contributed by atoms with Gasteiger partial charge in [-0.1, -0.05) is 49.2 Å². The topological polar surface area (TPSA) is 21.3 Å². The lowest BCUT2D eigenvalue weighted by Gasteiger charge is -2.56. The molecule has 1 N–H and O–H groups in total. The third-order valence-corrected chi connectivity index (χ3v) is 6.87. The predicted molar refractivity (Wildman–Crippen MR) is 101 cm³/mol. The van der Waals surface area contributed by atoms with E-state index in [1.807, 2.05) is 0 Å². The summed E-state index contributed by atoms with van der Waals surface area (Å²) in [7, 11) is 0. The van der Waals surface area contributed by atoms with Crippen LogP contribution in [-0.4, -0.2) is 12.6 Å². The SMILES string of the molecule is c1ccc(COc2ccc3c(c2)[C@@]24CCCC[C@H]2[C@@H](C3)NCC4)cc1. The summed E-state index contributed by atoms with van der Waals surface area (Å²) in [5.74, 6) is 1.87. The van der Waals surface area contributed by atoms with E-state index in [4.69, 9.17) is 4.74 Å². The summed E-state index contributed by atoms with van der Waals surface area (Å²) in [5, 5.41) is 3.82. The van der Waals surface area contributed by atoms with Gasteiger partial charge >= 0.3 is 0 Å². The van der Waals surface area contributed by atoms with Crippen molar-refractivity contribution in [2.75, 3.05) is 6.54 Å². The zero-order valence-electron chi connectivity index (χ0n) is 14.8. The smallest absolute Gasteiger partial charge is 0.120 e. The zero-order valence-corrected chi connectivity index (χ0v) is 14.8. The van der Waals surface area contributed by atoms with E-state index in [-0.39, 0.29) is 0 Å². The Morgan fingerprint density at radius 2 is 1.96 bits per heavy atom. The number of fused-ring (bicyclic) bond motifs is 1. The van der Waals surface area contributed by atoms with Crippen molar-refractivity contribution >= 4 is 0 Å². The van der Waals surface area contributed by atoms with Gasteiger partial charge in [0.1, 0.15) is 12.4 Å². The molecule has 2 nitrogen and oxygen atoms in total. The van der Waals surface area contributed by atoms with Crippen molar-refractivity contribution in [3.63, 3.8) is 0 Å². The Labute approximate surface area is 150 Å². The number of nitrogens with one attached hydrogen (secondary N) is 1. The Bertz CT molecular complexity index is 752. The normalized spacial score (nSPS) is 30.2. The maximum absolute atomic E-state index is 6.16. The summed E-state index contributed by atoms with van der Waals surface area (Å²) in [5.41, 5.74) is 4.81. The maximum atomic E-state index is 6.16. The highest BCUT2D eigenvalue weighted by molar-refractivity contribution is 5.45. The van der Waals surface area contributed by atoms with E-state index in [1.54, 1.807) is 11.1 Å². The van der Waals surface area contributed by atoms with Crippen molar-refractivity contribution in [1.29, 1.82) is 0 Å². The largest absolute Gasteiger partial charge is 0.489 e. The molecule has 1 heterocycles. The number of ether oxygens (including phenoxy) is 1. The molecule has 2 bridgehead atoms. The van der Waals surface area contributed by atoms with Crippen LogP contribution in [0.4, 0.5) is 0 Å². The van der Waals surface area contributed by atoms with Gasteiger partial charge in [0.2, 0.25) is 0 Å². The lowest BCUT2D eigenvalue weighted by Crippen LogP contribution is -2.59. The van der Waals surface area contributed by atoms with Crippen LogP contribution in [0.15, 0.2) is 48.5 Å². The highest BCUT2D eigenvalue weighted by Gasteiger charge is 2.51. The van der Waals surface area contributed by atoms with Crippen molar-refractivity contribution in [3.05, 3.63) is 65.2 Å². The van der Waals surface area contributed by atoms with Crippen LogP contribution >= 0.6 is 0 Å². The summed E-state index contributed by atoms with van der Waals surface area (Å²) < 4.78 is 6.16. The van der Waals surface area contributed by atoms with E-state index in [2.05, 4.69) is 53.8 Å². The molecule has 0 amide bonds. The molecule has 2 aromatic rings. The van der Waals surface area contributed by atoms with Crippen LogP contribution in [0.1, 0.15) is 48.8 Å². The molecule has 25 heavy (non-hydrogen) atoms. The van der Waals surface area contributed by atoms with Crippen molar-refractivity contribution in [3.8, 4) is 5.75 Å². The van der Waals surface area contributed by atoms with Gasteiger partial charge in [-0.05, 0) is 67.0 Å². The molecule has 0 unspecified atom stereocenters. The van der Waals surface area contributed by atoms with Crippen LogP contribution in [0.3, 0.4) is 0 Å². The number of piperidine rings is 1. The minimum atomic E-state index is 0.411. The van der Waals surface area contributed by atoms with Gasteiger partial charge in [-0.2, -0.15) is 0 Å².